The van der Waals surface area contributed by atoms with Crippen molar-refractivity contribution in [2.24, 2.45) is 0 Å². The lowest BCUT2D eigenvalue weighted by atomic mass is 10.2. The van der Waals surface area contributed by atoms with Gasteiger partial charge in [0.05, 0.1) is 17.9 Å². The summed E-state index contributed by atoms with van der Waals surface area (Å²) in [6.45, 7) is -0.501. The SMILES string of the molecule is OCc1cc(C(F)F)c(F)c(Br)n1. The van der Waals surface area contributed by atoms with E-state index in [-0.39, 0.29) is 10.3 Å². The van der Waals surface area contributed by atoms with Crippen LogP contribution in [0.2, 0.25) is 0 Å². The van der Waals surface area contributed by atoms with E-state index in [1.54, 1.807) is 0 Å². The van der Waals surface area contributed by atoms with Gasteiger partial charge in [0.1, 0.15) is 4.60 Å². The fourth-order valence-corrected chi connectivity index (χ4v) is 1.27. The zero-order chi connectivity index (χ0) is 10.0. The maximum Gasteiger partial charge on any atom is 0.266 e. The largest absolute Gasteiger partial charge is 0.390 e. The molecule has 0 spiro atoms. The van der Waals surface area contributed by atoms with Gasteiger partial charge >= 0.3 is 0 Å². The Morgan fingerprint density at radius 2 is 2.15 bits per heavy atom. The third-order valence-electron chi connectivity index (χ3n) is 1.40. The quantitative estimate of drug-likeness (QED) is 0.824. The van der Waals surface area contributed by atoms with Gasteiger partial charge in [-0.3, -0.25) is 0 Å². The third kappa shape index (κ3) is 2.19. The lowest BCUT2D eigenvalue weighted by Gasteiger charge is -2.05. The molecule has 0 saturated carbocycles. The molecule has 1 aromatic heterocycles. The number of hydrogen-bond donors (Lipinski definition) is 1. The van der Waals surface area contributed by atoms with Crippen LogP contribution in [0.15, 0.2) is 10.7 Å². The number of aliphatic hydroxyl groups is 1. The Bertz CT molecular complexity index is 319. The van der Waals surface area contributed by atoms with Crippen molar-refractivity contribution in [2.75, 3.05) is 0 Å². The van der Waals surface area contributed by atoms with E-state index >= 15 is 0 Å². The molecule has 0 bridgehead atoms. The molecular weight excluding hydrogens is 251 g/mol. The summed E-state index contributed by atoms with van der Waals surface area (Å²) in [4.78, 5) is 3.49. The molecule has 72 valence electrons. The molecule has 0 atom stereocenters. The zero-order valence-electron chi connectivity index (χ0n) is 6.27. The molecular formula is C7H5BrF3NO. The molecule has 1 heterocycles. The summed E-state index contributed by atoms with van der Waals surface area (Å²) in [5.41, 5.74) is -0.755. The minimum absolute atomic E-state index is 0.00331. The Balaban J connectivity index is 3.25. The van der Waals surface area contributed by atoms with E-state index in [9.17, 15) is 13.2 Å². The van der Waals surface area contributed by atoms with Gasteiger partial charge in [0.25, 0.3) is 6.43 Å². The van der Waals surface area contributed by atoms with Crippen molar-refractivity contribution in [3.8, 4) is 0 Å². The number of halogens is 4. The van der Waals surface area contributed by atoms with Gasteiger partial charge in [-0.25, -0.2) is 18.2 Å². The molecule has 0 radical (unpaired) electrons. The second-order valence-corrected chi connectivity index (χ2v) is 3.02. The smallest absolute Gasteiger partial charge is 0.266 e. The maximum atomic E-state index is 12.9. The molecule has 2 nitrogen and oxygen atoms in total. The molecule has 1 aromatic rings. The molecule has 0 saturated heterocycles. The van der Waals surface area contributed by atoms with E-state index in [0.29, 0.717) is 0 Å². The summed E-state index contributed by atoms with van der Waals surface area (Å²) < 4.78 is 36.9. The first-order chi connectivity index (χ1) is 6.06. The highest BCUT2D eigenvalue weighted by Crippen LogP contribution is 2.26. The highest BCUT2D eigenvalue weighted by atomic mass is 79.9. The predicted molar refractivity (Wildman–Crippen MR) is 42.8 cm³/mol. The second kappa shape index (κ2) is 4.06. The van der Waals surface area contributed by atoms with Crippen LogP contribution in [0.3, 0.4) is 0 Å². The molecule has 1 N–H and O–H groups in total. The first-order valence-electron chi connectivity index (χ1n) is 3.30. The van der Waals surface area contributed by atoms with Crippen molar-refractivity contribution in [1.82, 2.24) is 4.98 Å². The molecule has 0 aromatic carbocycles. The molecule has 0 aliphatic heterocycles. The monoisotopic (exact) mass is 255 g/mol. The number of rotatable bonds is 2. The van der Waals surface area contributed by atoms with Crippen molar-refractivity contribution in [3.05, 3.63) is 27.7 Å². The molecule has 0 unspecified atom stereocenters. The minimum atomic E-state index is -2.91. The topological polar surface area (TPSA) is 33.1 Å². The number of nitrogens with zero attached hydrogens (tertiary/aromatic N) is 1. The van der Waals surface area contributed by atoms with Crippen molar-refractivity contribution < 1.29 is 18.3 Å². The van der Waals surface area contributed by atoms with Gasteiger partial charge in [0.2, 0.25) is 0 Å². The van der Waals surface area contributed by atoms with Crippen LogP contribution in [0.4, 0.5) is 13.2 Å². The third-order valence-corrected chi connectivity index (χ3v) is 1.92. The standard InChI is InChI=1S/C7H5BrF3NO/c8-6-5(9)4(7(10)11)1-3(2-13)12-6/h1,7,13H,2H2. The lowest BCUT2D eigenvalue weighted by Crippen LogP contribution is -1.99. The van der Waals surface area contributed by atoms with Crippen LogP contribution >= 0.6 is 15.9 Å². The van der Waals surface area contributed by atoms with Crippen LogP contribution in [0.25, 0.3) is 0 Å². The lowest BCUT2D eigenvalue weighted by molar-refractivity contribution is 0.145. The molecule has 0 amide bonds. The summed E-state index contributed by atoms with van der Waals surface area (Å²) in [6, 6.07) is 0.838. The molecule has 0 fully saturated rings. The number of hydrogen-bond acceptors (Lipinski definition) is 2. The average Bonchev–Trinajstić information content (AvgIpc) is 2.09. The summed E-state index contributed by atoms with van der Waals surface area (Å²) in [5, 5.41) is 8.61. The van der Waals surface area contributed by atoms with Crippen molar-refractivity contribution in [2.45, 2.75) is 13.0 Å². The number of alkyl halides is 2. The summed E-state index contributed by atoms with van der Waals surface area (Å²) in [5.74, 6) is -1.09. The van der Waals surface area contributed by atoms with Crippen LogP contribution in [0.5, 0.6) is 0 Å². The Morgan fingerprint density at radius 1 is 1.54 bits per heavy atom. The molecule has 0 aliphatic carbocycles. The van der Waals surface area contributed by atoms with E-state index in [1.165, 1.54) is 0 Å². The number of aliphatic hydroxyl groups excluding tert-OH is 1. The second-order valence-electron chi connectivity index (χ2n) is 2.27. The minimum Gasteiger partial charge on any atom is -0.390 e. The fraction of sp³-hybridized carbons (Fsp3) is 0.286. The van der Waals surface area contributed by atoms with E-state index in [2.05, 4.69) is 20.9 Å². The Kier molecular flexibility index (Phi) is 3.27. The summed E-state index contributed by atoms with van der Waals surface area (Å²) >= 11 is 2.68. The number of aromatic nitrogens is 1. The molecule has 13 heavy (non-hydrogen) atoms. The van der Waals surface area contributed by atoms with Crippen molar-refractivity contribution in [1.29, 1.82) is 0 Å². The highest BCUT2D eigenvalue weighted by Gasteiger charge is 2.17. The van der Waals surface area contributed by atoms with E-state index in [4.69, 9.17) is 5.11 Å². The van der Waals surface area contributed by atoms with Crippen LogP contribution in [-0.4, -0.2) is 10.1 Å². The highest BCUT2D eigenvalue weighted by molar-refractivity contribution is 9.10. The molecule has 1 rings (SSSR count). The fourth-order valence-electron chi connectivity index (χ4n) is 0.809. The van der Waals surface area contributed by atoms with Gasteiger partial charge in [-0.05, 0) is 22.0 Å². The Hall–Kier alpha value is -0.620. The Morgan fingerprint density at radius 3 is 2.62 bits per heavy atom. The molecule has 0 aliphatic rings. The first-order valence-corrected chi connectivity index (χ1v) is 4.09. The summed E-state index contributed by atoms with van der Waals surface area (Å²) in [6.07, 6.45) is -2.91. The zero-order valence-corrected chi connectivity index (χ0v) is 7.85. The van der Waals surface area contributed by atoms with Gasteiger partial charge in [0.15, 0.2) is 5.82 Å². The van der Waals surface area contributed by atoms with Crippen molar-refractivity contribution >= 4 is 15.9 Å². The predicted octanol–water partition coefficient (Wildman–Crippen LogP) is 2.41. The van der Waals surface area contributed by atoms with Gasteiger partial charge in [-0.2, -0.15) is 0 Å². The average molecular weight is 256 g/mol. The van der Waals surface area contributed by atoms with Crippen LogP contribution in [0.1, 0.15) is 17.7 Å². The normalized spacial score (nSPS) is 10.9. The number of pyridine rings is 1. The van der Waals surface area contributed by atoms with Crippen LogP contribution in [0, 0.1) is 5.82 Å². The van der Waals surface area contributed by atoms with Crippen LogP contribution < -0.4 is 0 Å². The van der Waals surface area contributed by atoms with Crippen molar-refractivity contribution in [3.63, 3.8) is 0 Å². The maximum absolute atomic E-state index is 12.9. The first kappa shape index (κ1) is 10.5. The van der Waals surface area contributed by atoms with Gasteiger partial charge < -0.3 is 5.11 Å². The van der Waals surface area contributed by atoms with E-state index in [0.717, 1.165) is 6.07 Å². The summed E-state index contributed by atoms with van der Waals surface area (Å²) in [7, 11) is 0. The van der Waals surface area contributed by atoms with Gasteiger partial charge in [0, 0.05) is 0 Å². The van der Waals surface area contributed by atoms with Crippen LogP contribution in [-0.2, 0) is 6.61 Å². The van der Waals surface area contributed by atoms with E-state index < -0.39 is 24.4 Å². The molecule has 6 heteroatoms. The Labute approximate surface area is 80.5 Å². The van der Waals surface area contributed by atoms with Gasteiger partial charge in [-0.15, -0.1) is 0 Å². The van der Waals surface area contributed by atoms with E-state index in [1.807, 2.05) is 0 Å². The van der Waals surface area contributed by atoms with Gasteiger partial charge in [-0.1, -0.05) is 0 Å².